The molecule has 0 fully saturated rings. The first kappa shape index (κ1) is 12.5. The lowest BCUT2D eigenvalue weighted by Crippen LogP contribution is -1.92. The van der Waals surface area contributed by atoms with Gasteiger partial charge in [-0.15, -0.1) is 11.6 Å². The van der Waals surface area contributed by atoms with Crippen molar-refractivity contribution in [1.29, 1.82) is 0 Å². The minimum Gasteiger partial charge on any atom is -0.206 e. The van der Waals surface area contributed by atoms with Crippen LogP contribution in [0, 0.1) is 12.7 Å². The van der Waals surface area contributed by atoms with Crippen LogP contribution in [0.2, 0.25) is 5.02 Å². The summed E-state index contributed by atoms with van der Waals surface area (Å²) in [6.45, 7) is 3.55. The van der Waals surface area contributed by atoms with Crippen LogP contribution in [-0.4, -0.2) is 5.88 Å². The van der Waals surface area contributed by atoms with Gasteiger partial charge in [-0.25, -0.2) is 4.39 Å². The van der Waals surface area contributed by atoms with Crippen molar-refractivity contribution in [1.82, 2.24) is 0 Å². The zero-order valence-electron chi connectivity index (χ0n) is 8.78. The molecule has 0 aliphatic rings. The van der Waals surface area contributed by atoms with Gasteiger partial charge in [0.1, 0.15) is 5.82 Å². The quantitative estimate of drug-likeness (QED) is 0.671. The molecule has 0 atom stereocenters. The van der Waals surface area contributed by atoms with Crippen molar-refractivity contribution >= 4 is 28.8 Å². The SMILES string of the molecule is C/C(=C/CCCl)c1ccc(Cl)c(C)c1F. The molecule has 0 bridgehead atoms. The minimum atomic E-state index is -0.245. The van der Waals surface area contributed by atoms with E-state index in [4.69, 9.17) is 23.2 Å². The Morgan fingerprint density at radius 2 is 2.13 bits per heavy atom. The smallest absolute Gasteiger partial charge is 0.135 e. The molecule has 0 radical (unpaired) electrons. The molecule has 0 nitrogen and oxygen atoms in total. The molecule has 0 aromatic heterocycles. The Morgan fingerprint density at radius 3 is 2.73 bits per heavy atom. The Bertz CT molecular complexity index is 383. The summed E-state index contributed by atoms with van der Waals surface area (Å²) in [6.07, 6.45) is 2.67. The molecule has 15 heavy (non-hydrogen) atoms. The third-order valence-electron chi connectivity index (χ3n) is 2.30. The molecule has 0 heterocycles. The summed E-state index contributed by atoms with van der Waals surface area (Å²) >= 11 is 11.4. The molecule has 82 valence electrons. The van der Waals surface area contributed by atoms with E-state index >= 15 is 0 Å². The first-order valence-electron chi connectivity index (χ1n) is 4.75. The zero-order chi connectivity index (χ0) is 11.4. The Labute approximate surface area is 99.7 Å². The number of benzene rings is 1. The fourth-order valence-electron chi connectivity index (χ4n) is 1.35. The zero-order valence-corrected chi connectivity index (χ0v) is 10.3. The van der Waals surface area contributed by atoms with Crippen LogP contribution in [0.4, 0.5) is 4.39 Å². The van der Waals surface area contributed by atoms with Gasteiger partial charge in [-0.3, -0.25) is 0 Å². The molecule has 0 aliphatic carbocycles. The van der Waals surface area contributed by atoms with E-state index in [1.165, 1.54) is 0 Å². The molecule has 1 rings (SSSR count). The van der Waals surface area contributed by atoms with Crippen LogP contribution < -0.4 is 0 Å². The third kappa shape index (κ3) is 2.96. The molecule has 3 heteroatoms. The summed E-state index contributed by atoms with van der Waals surface area (Å²) in [6, 6.07) is 3.41. The van der Waals surface area contributed by atoms with Gasteiger partial charge in [0.25, 0.3) is 0 Å². The lowest BCUT2D eigenvalue weighted by molar-refractivity contribution is 0.614. The van der Waals surface area contributed by atoms with Gasteiger partial charge in [0, 0.05) is 22.0 Å². The van der Waals surface area contributed by atoms with Crippen molar-refractivity contribution in [3.63, 3.8) is 0 Å². The van der Waals surface area contributed by atoms with Crippen molar-refractivity contribution in [2.75, 3.05) is 5.88 Å². The molecule has 0 saturated carbocycles. The highest BCUT2D eigenvalue weighted by molar-refractivity contribution is 6.31. The summed E-state index contributed by atoms with van der Waals surface area (Å²) in [4.78, 5) is 0. The molecule has 0 N–H and O–H groups in total. The lowest BCUT2D eigenvalue weighted by Gasteiger charge is -2.07. The number of halogens is 3. The molecular weight excluding hydrogens is 234 g/mol. The Balaban J connectivity index is 3.10. The number of rotatable bonds is 3. The maximum atomic E-state index is 13.8. The van der Waals surface area contributed by atoms with Crippen LogP contribution >= 0.6 is 23.2 Å². The van der Waals surface area contributed by atoms with Gasteiger partial charge in [-0.1, -0.05) is 23.7 Å². The average molecular weight is 247 g/mol. The van der Waals surface area contributed by atoms with Crippen LogP contribution in [0.15, 0.2) is 18.2 Å². The second kappa shape index (κ2) is 5.53. The van der Waals surface area contributed by atoms with E-state index < -0.39 is 0 Å². The van der Waals surface area contributed by atoms with Gasteiger partial charge < -0.3 is 0 Å². The van der Waals surface area contributed by atoms with Crippen LogP contribution in [-0.2, 0) is 0 Å². The molecule has 0 amide bonds. The Morgan fingerprint density at radius 1 is 1.47 bits per heavy atom. The highest BCUT2D eigenvalue weighted by Gasteiger charge is 2.09. The highest BCUT2D eigenvalue weighted by Crippen LogP contribution is 2.26. The maximum Gasteiger partial charge on any atom is 0.135 e. The van der Waals surface area contributed by atoms with Gasteiger partial charge in [0.2, 0.25) is 0 Å². The summed E-state index contributed by atoms with van der Waals surface area (Å²) in [5.74, 6) is 0.303. The van der Waals surface area contributed by atoms with Crippen molar-refractivity contribution < 1.29 is 4.39 Å². The largest absolute Gasteiger partial charge is 0.206 e. The molecule has 0 spiro atoms. The maximum absolute atomic E-state index is 13.8. The van der Waals surface area contributed by atoms with E-state index in [9.17, 15) is 4.39 Å². The van der Waals surface area contributed by atoms with Gasteiger partial charge >= 0.3 is 0 Å². The fourth-order valence-corrected chi connectivity index (χ4v) is 1.60. The van der Waals surface area contributed by atoms with Crippen molar-refractivity contribution in [2.24, 2.45) is 0 Å². The van der Waals surface area contributed by atoms with Crippen LogP contribution in [0.25, 0.3) is 5.57 Å². The normalized spacial score (nSPS) is 11.9. The molecular formula is C12H13Cl2F. The van der Waals surface area contributed by atoms with Crippen molar-refractivity contribution in [2.45, 2.75) is 20.3 Å². The second-order valence-corrected chi connectivity index (χ2v) is 4.18. The monoisotopic (exact) mass is 246 g/mol. The van der Waals surface area contributed by atoms with Crippen molar-refractivity contribution in [3.8, 4) is 0 Å². The number of hydrogen-bond donors (Lipinski definition) is 0. The molecule has 1 aromatic carbocycles. The lowest BCUT2D eigenvalue weighted by atomic mass is 10.0. The van der Waals surface area contributed by atoms with Crippen molar-refractivity contribution in [3.05, 3.63) is 40.2 Å². The van der Waals surface area contributed by atoms with E-state index in [0.29, 0.717) is 22.0 Å². The summed E-state index contributed by atoms with van der Waals surface area (Å²) in [7, 11) is 0. The summed E-state index contributed by atoms with van der Waals surface area (Å²) < 4.78 is 13.8. The average Bonchev–Trinajstić information content (AvgIpc) is 2.23. The van der Waals surface area contributed by atoms with E-state index in [1.54, 1.807) is 19.1 Å². The number of hydrogen-bond acceptors (Lipinski definition) is 0. The molecule has 0 aliphatic heterocycles. The van der Waals surface area contributed by atoms with Gasteiger partial charge in [0.15, 0.2) is 0 Å². The number of alkyl halides is 1. The van der Waals surface area contributed by atoms with Crippen LogP contribution in [0.5, 0.6) is 0 Å². The van der Waals surface area contributed by atoms with Gasteiger partial charge in [-0.05, 0) is 31.9 Å². The van der Waals surface area contributed by atoms with E-state index in [-0.39, 0.29) is 5.82 Å². The first-order valence-corrected chi connectivity index (χ1v) is 5.67. The second-order valence-electron chi connectivity index (χ2n) is 3.40. The predicted octanol–water partition coefficient (Wildman–Crippen LogP) is 4.82. The fraction of sp³-hybridized carbons (Fsp3) is 0.333. The molecule has 1 aromatic rings. The highest BCUT2D eigenvalue weighted by atomic mass is 35.5. The minimum absolute atomic E-state index is 0.245. The Kier molecular flexibility index (Phi) is 4.62. The Hall–Kier alpha value is -0.530. The standard InChI is InChI=1S/C12H13Cl2F/c1-8(4-3-7-13)10-5-6-11(14)9(2)12(10)15/h4-6H,3,7H2,1-2H3/b8-4-. The van der Waals surface area contributed by atoms with Gasteiger partial charge in [0.05, 0.1) is 0 Å². The predicted molar refractivity (Wildman–Crippen MR) is 65.1 cm³/mol. The van der Waals surface area contributed by atoms with E-state index in [2.05, 4.69) is 0 Å². The van der Waals surface area contributed by atoms with Crippen LogP contribution in [0.1, 0.15) is 24.5 Å². The third-order valence-corrected chi connectivity index (χ3v) is 2.93. The summed E-state index contributed by atoms with van der Waals surface area (Å²) in [5, 5.41) is 0.460. The topological polar surface area (TPSA) is 0 Å². The molecule has 0 saturated heterocycles. The summed E-state index contributed by atoms with van der Waals surface area (Å²) in [5.41, 5.74) is 1.99. The first-order chi connectivity index (χ1) is 7.07. The van der Waals surface area contributed by atoms with Gasteiger partial charge in [-0.2, -0.15) is 0 Å². The van der Waals surface area contributed by atoms with E-state index in [0.717, 1.165) is 12.0 Å². The van der Waals surface area contributed by atoms with E-state index in [1.807, 2.05) is 13.0 Å². The molecule has 0 unspecified atom stereocenters. The number of allylic oxidation sites excluding steroid dienone is 2. The van der Waals surface area contributed by atoms with Crippen LogP contribution in [0.3, 0.4) is 0 Å².